The molecule has 1 atom stereocenters. The van der Waals surface area contributed by atoms with E-state index in [1.54, 1.807) is 6.07 Å². The molecule has 4 aromatic rings. The zero-order chi connectivity index (χ0) is 27.1. The molecule has 0 bridgehead atoms. The highest BCUT2D eigenvalue weighted by molar-refractivity contribution is 6.08. The van der Waals surface area contributed by atoms with Crippen molar-refractivity contribution >= 4 is 28.3 Å². The van der Waals surface area contributed by atoms with Crippen molar-refractivity contribution in [1.82, 2.24) is 19.3 Å². The molecule has 2 N–H and O–H groups in total. The molecule has 0 saturated carbocycles. The molecule has 1 saturated heterocycles. The van der Waals surface area contributed by atoms with Crippen molar-refractivity contribution in [1.29, 1.82) is 0 Å². The first kappa shape index (κ1) is 25.5. The van der Waals surface area contributed by atoms with Crippen LogP contribution in [0, 0.1) is 17.6 Å². The molecule has 0 spiro atoms. The van der Waals surface area contributed by atoms with Gasteiger partial charge in [0.25, 0.3) is 11.5 Å². The molecule has 5 rings (SSSR count). The molecular weight excluding hydrogens is 494 g/mol. The van der Waals surface area contributed by atoms with E-state index in [-0.39, 0.29) is 24.1 Å². The Labute approximate surface area is 217 Å². The number of halogens is 2. The van der Waals surface area contributed by atoms with E-state index >= 15 is 0 Å². The molecule has 0 aliphatic carbocycles. The molecule has 1 aliphatic rings. The second kappa shape index (κ2) is 9.97. The fraction of sp³-hybridized carbons (Fsp3) is 0.333. The van der Waals surface area contributed by atoms with Crippen LogP contribution in [-0.2, 0) is 7.05 Å². The summed E-state index contributed by atoms with van der Waals surface area (Å²) in [5, 5.41) is 16.5. The summed E-state index contributed by atoms with van der Waals surface area (Å²) in [6.45, 7) is 5.45. The molecule has 3 heterocycles. The van der Waals surface area contributed by atoms with Gasteiger partial charge in [0, 0.05) is 44.6 Å². The van der Waals surface area contributed by atoms with Crippen LogP contribution in [-0.4, -0.2) is 50.0 Å². The van der Waals surface area contributed by atoms with Crippen LogP contribution in [0.4, 0.5) is 20.2 Å². The van der Waals surface area contributed by atoms with Gasteiger partial charge in [0.2, 0.25) is 0 Å². The highest BCUT2D eigenvalue weighted by Gasteiger charge is 2.28. The zero-order valence-electron chi connectivity index (χ0n) is 21.3. The van der Waals surface area contributed by atoms with Crippen LogP contribution in [0.15, 0.2) is 47.3 Å². The van der Waals surface area contributed by atoms with Gasteiger partial charge in [0.05, 0.1) is 16.9 Å². The summed E-state index contributed by atoms with van der Waals surface area (Å²) in [4.78, 5) is 32.7. The van der Waals surface area contributed by atoms with E-state index in [1.807, 2.05) is 17.7 Å². The Hall–Kier alpha value is -4.12. The number of aliphatic hydroxyl groups excluding tert-OH is 1. The van der Waals surface area contributed by atoms with Gasteiger partial charge < -0.3 is 19.9 Å². The molecule has 38 heavy (non-hydrogen) atoms. The minimum Gasteiger partial charge on any atom is -0.396 e. The first-order valence-electron chi connectivity index (χ1n) is 12.4. The smallest absolute Gasteiger partial charge is 0.276 e. The van der Waals surface area contributed by atoms with Crippen molar-refractivity contribution in [2.75, 3.05) is 29.9 Å². The SMILES string of the molecule is CC(C)c1nc2c(N3CCC(CO)C3)c(NC(=O)c3ccc(=O)n(-c4c(F)cccc4F)n3)ccc2n1C. The molecule has 11 heteroatoms. The van der Waals surface area contributed by atoms with E-state index in [1.165, 1.54) is 12.1 Å². The Kier molecular flexibility index (Phi) is 6.70. The van der Waals surface area contributed by atoms with Crippen LogP contribution >= 0.6 is 0 Å². The fourth-order valence-electron chi connectivity index (χ4n) is 4.96. The third kappa shape index (κ3) is 4.43. The number of aliphatic hydroxyl groups is 1. The number of aromatic nitrogens is 4. The number of anilines is 2. The van der Waals surface area contributed by atoms with Crippen LogP contribution in [0.25, 0.3) is 16.7 Å². The zero-order valence-corrected chi connectivity index (χ0v) is 21.3. The normalized spacial score (nSPS) is 15.6. The maximum atomic E-state index is 14.3. The van der Waals surface area contributed by atoms with Gasteiger partial charge in [-0.1, -0.05) is 19.9 Å². The predicted octanol–water partition coefficient (Wildman–Crippen LogP) is 3.59. The Bertz CT molecular complexity index is 1580. The number of fused-ring (bicyclic) bond motifs is 1. The molecule has 9 nitrogen and oxygen atoms in total. The van der Waals surface area contributed by atoms with E-state index in [0.29, 0.717) is 23.5 Å². The molecular formula is C27H28F2N6O3. The number of hydrogen-bond acceptors (Lipinski definition) is 6. The third-order valence-corrected chi connectivity index (χ3v) is 6.87. The van der Waals surface area contributed by atoms with Gasteiger partial charge in [0.1, 0.15) is 22.7 Å². The number of benzene rings is 2. The van der Waals surface area contributed by atoms with E-state index in [9.17, 15) is 23.5 Å². The Morgan fingerprint density at radius 2 is 1.87 bits per heavy atom. The molecule has 198 valence electrons. The van der Waals surface area contributed by atoms with Crippen LogP contribution in [0.1, 0.15) is 42.5 Å². The molecule has 1 amide bonds. The lowest BCUT2D eigenvalue weighted by Gasteiger charge is -2.23. The second-order valence-corrected chi connectivity index (χ2v) is 9.79. The summed E-state index contributed by atoms with van der Waals surface area (Å²) in [6.07, 6.45) is 0.796. The first-order valence-corrected chi connectivity index (χ1v) is 12.4. The van der Waals surface area contributed by atoms with Crippen LogP contribution < -0.4 is 15.8 Å². The number of carbonyl (C=O) groups is 1. The van der Waals surface area contributed by atoms with E-state index in [2.05, 4.69) is 29.2 Å². The molecule has 1 unspecified atom stereocenters. The lowest BCUT2D eigenvalue weighted by atomic mass is 10.1. The number of hydrogen-bond donors (Lipinski definition) is 2. The van der Waals surface area contributed by atoms with E-state index < -0.39 is 28.8 Å². The van der Waals surface area contributed by atoms with Crippen LogP contribution in [0.3, 0.4) is 0 Å². The van der Waals surface area contributed by atoms with Crippen LogP contribution in [0.5, 0.6) is 0 Å². The fourth-order valence-corrected chi connectivity index (χ4v) is 4.96. The average Bonchev–Trinajstić information content (AvgIpc) is 3.49. The van der Waals surface area contributed by atoms with Crippen molar-refractivity contribution in [2.45, 2.75) is 26.2 Å². The summed E-state index contributed by atoms with van der Waals surface area (Å²) >= 11 is 0. The summed E-state index contributed by atoms with van der Waals surface area (Å²) in [6, 6.07) is 9.09. The van der Waals surface area contributed by atoms with Crippen LogP contribution in [0.2, 0.25) is 0 Å². The quantitative estimate of drug-likeness (QED) is 0.401. The number of nitrogens with zero attached hydrogens (tertiary/aromatic N) is 5. The van der Waals surface area contributed by atoms with E-state index in [0.717, 1.165) is 47.2 Å². The van der Waals surface area contributed by atoms with Crippen molar-refractivity contribution in [3.05, 3.63) is 76.0 Å². The number of aryl methyl sites for hydroxylation is 1. The van der Waals surface area contributed by atoms with Gasteiger partial charge in [-0.3, -0.25) is 9.59 Å². The summed E-state index contributed by atoms with van der Waals surface area (Å²) in [7, 11) is 1.95. The number of nitrogens with one attached hydrogen (secondary N) is 1. The van der Waals surface area contributed by atoms with Gasteiger partial charge in [-0.05, 0) is 36.8 Å². The Balaban J connectivity index is 1.57. The van der Waals surface area contributed by atoms with Crippen molar-refractivity contribution < 1.29 is 18.7 Å². The Morgan fingerprint density at radius 1 is 1.13 bits per heavy atom. The molecule has 2 aromatic carbocycles. The number of rotatable bonds is 6. The first-order chi connectivity index (χ1) is 18.2. The van der Waals surface area contributed by atoms with E-state index in [4.69, 9.17) is 4.98 Å². The Morgan fingerprint density at radius 3 is 2.53 bits per heavy atom. The van der Waals surface area contributed by atoms with Crippen molar-refractivity contribution in [3.8, 4) is 5.69 Å². The van der Waals surface area contributed by atoms with Crippen molar-refractivity contribution in [2.24, 2.45) is 13.0 Å². The predicted molar refractivity (Wildman–Crippen MR) is 140 cm³/mol. The lowest BCUT2D eigenvalue weighted by Crippen LogP contribution is -2.27. The molecule has 0 radical (unpaired) electrons. The molecule has 2 aromatic heterocycles. The minimum absolute atomic E-state index is 0.0612. The maximum Gasteiger partial charge on any atom is 0.276 e. The van der Waals surface area contributed by atoms with Gasteiger partial charge in [-0.15, -0.1) is 0 Å². The lowest BCUT2D eigenvalue weighted by molar-refractivity contribution is 0.102. The number of imidazole rings is 1. The number of amides is 1. The number of para-hydroxylation sites is 1. The molecule has 1 fully saturated rings. The maximum absolute atomic E-state index is 14.3. The topological polar surface area (TPSA) is 105 Å². The number of carbonyl (C=O) groups excluding carboxylic acids is 1. The van der Waals surface area contributed by atoms with Gasteiger partial charge in [-0.25, -0.2) is 13.8 Å². The third-order valence-electron chi connectivity index (χ3n) is 6.87. The van der Waals surface area contributed by atoms with Gasteiger partial charge in [-0.2, -0.15) is 9.78 Å². The largest absolute Gasteiger partial charge is 0.396 e. The van der Waals surface area contributed by atoms with Gasteiger partial charge >= 0.3 is 0 Å². The standard InChI is InChI=1S/C27H28F2N6O3/c1-15(2)26-31-23-21(33(26)3)9-7-19(25(23)34-12-11-16(13-34)14-36)30-27(38)20-8-10-22(37)35(32-20)24-17(28)5-4-6-18(24)29/h4-10,15-16,36H,11-14H2,1-3H3,(H,30,38). The summed E-state index contributed by atoms with van der Waals surface area (Å²) in [5.74, 6) is -1.45. The second-order valence-electron chi connectivity index (χ2n) is 9.79. The van der Waals surface area contributed by atoms with Crippen molar-refractivity contribution in [3.63, 3.8) is 0 Å². The summed E-state index contributed by atoms with van der Waals surface area (Å²) in [5.41, 5.74) is 1.19. The highest BCUT2D eigenvalue weighted by Crippen LogP contribution is 2.38. The highest BCUT2D eigenvalue weighted by atomic mass is 19.1. The minimum atomic E-state index is -0.978. The monoisotopic (exact) mass is 522 g/mol. The van der Waals surface area contributed by atoms with Gasteiger partial charge in [0.15, 0.2) is 11.6 Å². The summed E-state index contributed by atoms with van der Waals surface area (Å²) < 4.78 is 31.3. The average molecular weight is 523 g/mol. The molecule has 1 aliphatic heterocycles.